The van der Waals surface area contributed by atoms with Crippen molar-refractivity contribution >= 4 is 7.28 Å². The third kappa shape index (κ3) is 1.01. The van der Waals surface area contributed by atoms with E-state index < -0.39 is 0 Å². The molecular weight excluding hydrogens is 72.9 g/mol. The average molecular weight is 81.9 g/mol. The van der Waals surface area contributed by atoms with Crippen LogP contribution in [0.3, 0.4) is 0 Å². The molecule has 6 heavy (non-hydrogen) atoms. The number of rotatable bonds is 0. The zero-order valence-corrected chi connectivity index (χ0v) is 3.91. The summed E-state index contributed by atoms with van der Waals surface area (Å²) in [5.41, 5.74) is 0. The lowest BCUT2D eigenvalue weighted by molar-refractivity contribution is 0.715. The summed E-state index contributed by atoms with van der Waals surface area (Å²) in [6.45, 7) is 1.22. The number of hydrogen-bond acceptors (Lipinski definition) is 1. The van der Waals surface area contributed by atoms with Crippen molar-refractivity contribution in [2.75, 3.05) is 13.0 Å². The first-order chi connectivity index (χ1) is 3.00. The van der Waals surface area contributed by atoms with E-state index in [-0.39, 0.29) is 0 Å². The van der Waals surface area contributed by atoms with Gasteiger partial charge in [-0.2, -0.15) is 0 Å². The summed E-state index contributed by atoms with van der Waals surface area (Å²) in [6.07, 6.45) is 3.77. The van der Waals surface area contributed by atoms with Crippen LogP contribution in [0.2, 0.25) is 6.32 Å². The SMILES string of the molecule is [B]1CCCNC1. The van der Waals surface area contributed by atoms with Crippen LogP contribution in [0.25, 0.3) is 0 Å². The van der Waals surface area contributed by atoms with E-state index >= 15 is 0 Å². The van der Waals surface area contributed by atoms with Crippen LogP contribution in [0, 0.1) is 0 Å². The second-order valence-corrected chi connectivity index (χ2v) is 1.64. The molecule has 0 bridgehead atoms. The van der Waals surface area contributed by atoms with Crippen molar-refractivity contribution in [3.05, 3.63) is 0 Å². The van der Waals surface area contributed by atoms with Crippen LogP contribution >= 0.6 is 0 Å². The molecule has 0 spiro atoms. The van der Waals surface area contributed by atoms with E-state index in [2.05, 4.69) is 12.6 Å². The normalized spacial score (nSPS) is 22.7. The molecule has 1 rings (SSSR count). The molecule has 1 saturated heterocycles. The molecule has 1 N–H and O–H groups in total. The minimum absolute atomic E-state index is 1.12. The largest absolute Gasteiger partial charge is 0.325 e. The summed E-state index contributed by atoms with van der Waals surface area (Å²) < 4.78 is 0. The van der Waals surface area contributed by atoms with Gasteiger partial charge in [-0.25, -0.2) is 0 Å². The lowest BCUT2D eigenvalue weighted by Gasteiger charge is -2.07. The van der Waals surface area contributed by atoms with Crippen LogP contribution in [0.5, 0.6) is 0 Å². The molecule has 0 aromatic heterocycles. The van der Waals surface area contributed by atoms with Crippen LogP contribution in [0.1, 0.15) is 6.42 Å². The minimum Gasteiger partial charge on any atom is -0.325 e. The van der Waals surface area contributed by atoms with Crippen molar-refractivity contribution in [1.29, 1.82) is 0 Å². The monoisotopic (exact) mass is 82.1 g/mol. The fourth-order valence-electron chi connectivity index (χ4n) is 0.678. The first kappa shape index (κ1) is 4.19. The highest BCUT2D eigenvalue weighted by atomic mass is 14.8. The van der Waals surface area contributed by atoms with Gasteiger partial charge in [-0.3, -0.25) is 0 Å². The Morgan fingerprint density at radius 3 is 2.67 bits per heavy atom. The smallest absolute Gasteiger partial charge is 0.128 e. The van der Waals surface area contributed by atoms with E-state index in [0.29, 0.717) is 0 Å². The van der Waals surface area contributed by atoms with Crippen molar-refractivity contribution in [2.24, 2.45) is 0 Å². The molecule has 0 aromatic rings. The Balaban J connectivity index is 2.00. The molecule has 0 unspecified atom stereocenters. The van der Waals surface area contributed by atoms with Crippen LogP contribution in [-0.2, 0) is 0 Å². The Hall–Kier alpha value is 0.0249. The Morgan fingerprint density at radius 2 is 2.50 bits per heavy atom. The summed E-state index contributed by atoms with van der Waals surface area (Å²) >= 11 is 0. The molecule has 1 heterocycles. The van der Waals surface area contributed by atoms with Crippen molar-refractivity contribution in [3.8, 4) is 0 Å². The van der Waals surface area contributed by atoms with Gasteiger partial charge in [-0.15, -0.1) is 0 Å². The third-order valence-electron chi connectivity index (χ3n) is 1.05. The summed E-state index contributed by atoms with van der Waals surface area (Å²) in [7, 11) is 2.28. The molecule has 0 saturated carbocycles. The maximum absolute atomic E-state index is 3.23. The summed E-state index contributed by atoms with van der Waals surface area (Å²) in [5.74, 6) is 0. The van der Waals surface area contributed by atoms with Gasteiger partial charge in [-0.05, 0) is 19.4 Å². The van der Waals surface area contributed by atoms with Crippen LogP contribution in [0.4, 0.5) is 0 Å². The highest BCUT2D eigenvalue weighted by Gasteiger charge is 1.95. The predicted molar refractivity (Wildman–Crippen MR) is 28.0 cm³/mol. The minimum atomic E-state index is 1.12. The molecule has 1 radical (unpaired) electrons. The van der Waals surface area contributed by atoms with Crippen LogP contribution in [-0.4, -0.2) is 20.3 Å². The van der Waals surface area contributed by atoms with Gasteiger partial charge in [0.2, 0.25) is 0 Å². The maximum atomic E-state index is 3.23. The molecule has 0 aromatic carbocycles. The molecule has 33 valence electrons. The Bertz CT molecular complexity index is 23.0. The van der Waals surface area contributed by atoms with E-state index in [9.17, 15) is 0 Å². The van der Waals surface area contributed by atoms with Gasteiger partial charge in [0.05, 0.1) is 0 Å². The molecule has 1 aliphatic rings. The molecule has 1 aliphatic heterocycles. The first-order valence-electron chi connectivity index (χ1n) is 2.52. The van der Waals surface area contributed by atoms with Gasteiger partial charge in [0.1, 0.15) is 7.28 Å². The van der Waals surface area contributed by atoms with Gasteiger partial charge < -0.3 is 5.32 Å². The van der Waals surface area contributed by atoms with Crippen LogP contribution in [0.15, 0.2) is 0 Å². The quantitative estimate of drug-likeness (QED) is 0.407. The van der Waals surface area contributed by atoms with Gasteiger partial charge in [0, 0.05) is 0 Å². The average Bonchev–Trinajstić information content (AvgIpc) is 1.72. The Morgan fingerprint density at radius 1 is 1.50 bits per heavy atom. The van der Waals surface area contributed by atoms with Crippen LogP contribution < -0.4 is 5.32 Å². The second-order valence-electron chi connectivity index (χ2n) is 1.64. The first-order valence-corrected chi connectivity index (χ1v) is 2.52. The molecule has 0 aliphatic carbocycles. The van der Waals surface area contributed by atoms with E-state index in [4.69, 9.17) is 0 Å². The number of nitrogens with one attached hydrogen (secondary N) is 1. The van der Waals surface area contributed by atoms with E-state index in [1.54, 1.807) is 0 Å². The highest BCUT2D eigenvalue weighted by molar-refractivity contribution is 6.35. The lowest BCUT2D eigenvalue weighted by Crippen LogP contribution is -2.26. The zero-order chi connectivity index (χ0) is 4.24. The fourth-order valence-corrected chi connectivity index (χ4v) is 0.678. The van der Waals surface area contributed by atoms with Gasteiger partial charge >= 0.3 is 0 Å². The summed E-state index contributed by atoms with van der Waals surface area (Å²) in [5, 5.41) is 3.23. The summed E-state index contributed by atoms with van der Waals surface area (Å²) in [6, 6.07) is 0. The molecule has 2 heteroatoms. The molecule has 0 amide bonds. The van der Waals surface area contributed by atoms with Crippen molar-refractivity contribution in [2.45, 2.75) is 12.7 Å². The predicted octanol–water partition coefficient (Wildman–Crippen LogP) is 0.0597. The molecular formula is C4H9BN. The summed E-state index contributed by atoms with van der Waals surface area (Å²) in [4.78, 5) is 0. The van der Waals surface area contributed by atoms with E-state index in [1.165, 1.54) is 19.3 Å². The van der Waals surface area contributed by atoms with E-state index in [0.717, 1.165) is 6.44 Å². The van der Waals surface area contributed by atoms with Crippen molar-refractivity contribution in [3.63, 3.8) is 0 Å². The zero-order valence-electron chi connectivity index (χ0n) is 3.91. The highest BCUT2D eigenvalue weighted by Crippen LogP contribution is 1.89. The lowest BCUT2D eigenvalue weighted by atomic mass is 9.71. The Labute approximate surface area is 39.4 Å². The topological polar surface area (TPSA) is 12.0 Å². The van der Waals surface area contributed by atoms with Gasteiger partial charge in [0.25, 0.3) is 0 Å². The van der Waals surface area contributed by atoms with E-state index in [1.807, 2.05) is 0 Å². The van der Waals surface area contributed by atoms with Gasteiger partial charge in [-0.1, -0.05) is 6.32 Å². The fraction of sp³-hybridized carbons (Fsp3) is 1.00. The molecule has 1 nitrogen and oxygen atoms in total. The second kappa shape index (κ2) is 2.24. The van der Waals surface area contributed by atoms with Crippen molar-refractivity contribution < 1.29 is 0 Å². The Kier molecular flexibility index (Phi) is 1.57. The maximum Gasteiger partial charge on any atom is 0.128 e. The van der Waals surface area contributed by atoms with Crippen molar-refractivity contribution in [1.82, 2.24) is 5.32 Å². The number of hydrogen-bond donors (Lipinski definition) is 1. The molecule has 0 atom stereocenters. The molecule has 1 fully saturated rings. The third-order valence-corrected chi connectivity index (χ3v) is 1.05. The van der Waals surface area contributed by atoms with Gasteiger partial charge in [0.15, 0.2) is 0 Å². The standard InChI is InChI=1S/C4H9BN/c1-2-5-4-6-3-1/h6H,1-4H2.